The number of hydrogen-bond acceptors (Lipinski definition) is 3. The van der Waals surface area contributed by atoms with Crippen molar-refractivity contribution in [1.82, 2.24) is 9.78 Å². The third kappa shape index (κ3) is 2.81. The van der Waals surface area contributed by atoms with Gasteiger partial charge in [-0.15, -0.1) is 0 Å². The van der Waals surface area contributed by atoms with Crippen LogP contribution in [0.3, 0.4) is 0 Å². The van der Waals surface area contributed by atoms with Crippen molar-refractivity contribution in [3.8, 4) is 0 Å². The summed E-state index contributed by atoms with van der Waals surface area (Å²) in [6, 6.07) is 2.60. The number of nitrogens with zero attached hydrogens (tertiary/aromatic N) is 2. The highest BCUT2D eigenvalue weighted by molar-refractivity contribution is 6.47. The lowest BCUT2D eigenvalue weighted by Crippen LogP contribution is -2.24. The Morgan fingerprint density at radius 3 is 2.48 bits per heavy atom. The highest BCUT2D eigenvalue weighted by Gasteiger charge is 2.24. The van der Waals surface area contributed by atoms with Gasteiger partial charge in [-0.3, -0.25) is 14.3 Å². The molecular weight excluding hydrogens is 280 g/mol. The number of rotatable bonds is 3. The molecule has 1 N–H and O–H groups in total. The van der Waals surface area contributed by atoms with Crippen molar-refractivity contribution in [1.29, 1.82) is 0 Å². The maximum atomic E-state index is 13.4. The Balaban J connectivity index is 2.28. The Hall–Kier alpha value is -2.57. The molecule has 110 valence electrons. The van der Waals surface area contributed by atoms with Gasteiger partial charge in [0.05, 0.1) is 16.9 Å². The van der Waals surface area contributed by atoms with Crippen LogP contribution in [0.25, 0.3) is 0 Å². The number of carbonyl (C=O) groups is 2. The first-order valence-electron chi connectivity index (χ1n) is 6.12. The van der Waals surface area contributed by atoms with Crippen molar-refractivity contribution in [2.45, 2.75) is 13.8 Å². The van der Waals surface area contributed by atoms with Crippen LogP contribution in [-0.4, -0.2) is 21.5 Å². The number of benzene rings is 1. The summed E-state index contributed by atoms with van der Waals surface area (Å²) in [5.74, 6) is -3.43. The third-order valence-electron chi connectivity index (χ3n) is 3.12. The van der Waals surface area contributed by atoms with Crippen LogP contribution >= 0.6 is 0 Å². The van der Waals surface area contributed by atoms with Crippen LogP contribution in [0.1, 0.15) is 21.7 Å². The molecule has 1 aromatic carbocycles. The molecule has 0 bridgehead atoms. The Bertz CT molecular complexity index is 738. The second-order valence-electron chi connectivity index (χ2n) is 4.58. The normalized spacial score (nSPS) is 10.5. The molecule has 0 radical (unpaired) electrons. The highest BCUT2D eigenvalue weighted by Crippen LogP contribution is 2.17. The summed E-state index contributed by atoms with van der Waals surface area (Å²) in [4.78, 5) is 24.0. The SMILES string of the molecule is Cc1nn(C)c(C)c1C(=O)C(=O)Nc1cc(F)ccc1F. The predicted molar refractivity (Wildman–Crippen MR) is 72.0 cm³/mol. The van der Waals surface area contributed by atoms with Crippen molar-refractivity contribution >= 4 is 17.4 Å². The zero-order valence-electron chi connectivity index (χ0n) is 11.7. The van der Waals surface area contributed by atoms with Gasteiger partial charge < -0.3 is 5.32 Å². The molecule has 2 aromatic rings. The summed E-state index contributed by atoms with van der Waals surface area (Å²) in [7, 11) is 1.64. The monoisotopic (exact) mass is 293 g/mol. The molecule has 0 aliphatic heterocycles. The summed E-state index contributed by atoms with van der Waals surface area (Å²) in [5, 5.41) is 6.11. The number of amides is 1. The van der Waals surface area contributed by atoms with Gasteiger partial charge in [0, 0.05) is 18.8 Å². The molecule has 1 amide bonds. The molecule has 0 unspecified atom stereocenters. The van der Waals surface area contributed by atoms with Crippen molar-refractivity contribution < 1.29 is 18.4 Å². The summed E-state index contributed by atoms with van der Waals surface area (Å²) < 4.78 is 28.0. The summed E-state index contributed by atoms with van der Waals surface area (Å²) >= 11 is 0. The van der Waals surface area contributed by atoms with E-state index < -0.39 is 23.3 Å². The number of aryl methyl sites for hydroxylation is 2. The Labute approximate surface area is 119 Å². The lowest BCUT2D eigenvalue weighted by Gasteiger charge is -2.06. The maximum Gasteiger partial charge on any atom is 0.296 e. The third-order valence-corrected chi connectivity index (χ3v) is 3.12. The molecule has 1 heterocycles. The largest absolute Gasteiger partial charge is 0.316 e. The van der Waals surface area contributed by atoms with E-state index in [-0.39, 0.29) is 11.3 Å². The van der Waals surface area contributed by atoms with E-state index >= 15 is 0 Å². The molecule has 0 aliphatic rings. The number of nitrogens with one attached hydrogen (secondary N) is 1. The zero-order valence-corrected chi connectivity index (χ0v) is 11.7. The van der Waals surface area contributed by atoms with Gasteiger partial charge in [0.1, 0.15) is 11.6 Å². The van der Waals surface area contributed by atoms with Crippen LogP contribution in [0.5, 0.6) is 0 Å². The number of hydrogen-bond donors (Lipinski definition) is 1. The van der Waals surface area contributed by atoms with E-state index in [4.69, 9.17) is 0 Å². The van der Waals surface area contributed by atoms with E-state index in [1.54, 1.807) is 20.9 Å². The van der Waals surface area contributed by atoms with Crippen molar-refractivity contribution in [2.24, 2.45) is 7.05 Å². The average molecular weight is 293 g/mol. The van der Waals surface area contributed by atoms with Gasteiger partial charge in [0.2, 0.25) is 0 Å². The number of carbonyl (C=O) groups excluding carboxylic acids is 2. The summed E-state index contributed by atoms with van der Waals surface area (Å²) in [6.45, 7) is 3.24. The van der Waals surface area contributed by atoms with Gasteiger partial charge in [-0.05, 0) is 26.0 Å². The van der Waals surface area contributed by atoms with Crippen LogP contribution in [-0.2, 0) is 11.8 Å². The minimum absolute atomic E-state index is 0.159. The van der Waals surface area contributed by atoms with E-state index in [0.29, 0.717) is 11.4 Å². The lowest BCUT2D eigenvalue weighted by molar-refractivity contribution is -0.112. The first-order valence-corrected chi connectivity index (χ1v) is 6.12. The molecule has 0 spiro atoms. The van der Waals surface area contributed by atoms with Gasteiger partial charge in [-0.2, -0.15) is 5.10 Å². The fraction of sp³-hybridized carbons (Fsp3) is 0.214. The van der Waals surface area contributed by atoms with Gasteiger partial charge in [-0.1, -0.05) is 0 Å². The molecule has 7 heteroatoms. The standard InChI is InChI=1S/C14H13F2N3O2/c1-7-12(8(2)19(3)18-7)13(20)14(21)17-11-6-9(15)4-5-10(11)16/h4-6H,1-3H3,(H,17,21). The number of Topliss-reactive ketones (excluding diaryl/α,β-unsaturated/α-hetero) is 1. The van der Waals surface area contributed by atoms with E-state index in [0.717, 1.165) is 18.2 Å². The van der Waals surface area contributed by atoms with Crippen LogP contribution < -0.4 is 5.32 Å². The molecule has 0 saturated carbocycles. The van der Waals surface area contributed by atoms with Crippen LogP contribution in [0, 0.1) is 25.5 Å². The molecule has 2 rings (SSSR count). The fourth-order valence-electron chi connectivity index (χ4n) is 1.99. The second-order valence-corrected chi connectivity index (χ2v) is 4.58. The molecule has 0 atom stereocenters. The van der Waals surface area contributed by atoms with Gasteiger partial charge in [0.25, 0.3) is 11.7 Å². The molecular formula is C14H13F2N3O2. The quantitative estimate of drug-likeness (QED) is 0.696. The van der Waals surface area contributed by atoms with E-state index in [1.165, 1.54) is 4.68 Å². The highest BCUT2D eigenvalue weighted by atomic mass is 19.1. The number of ketones is 1. The Morgan fingerprint density at radius 2 is 1.90 bits per heavy atom. The molecule has 0 aliphatic carbocycles. The topological polar surface area (TPSA) is 64.0 Å². The molecule has 5 nitrogen and oxygen atoms in total. The average Bonchev–Trinajstić information content (AvgIpc) is 2.67. The van der Waals surface area contributed by atoms with Crippen molar-refractivity contribution in [3.05, 3.63) is 46.8 Å². The smallest absolute Gasteiger partial charge is 0.296 e. The fourth-order valence-corrected chi connectivity index (χ4v) is 1.99. The van der Waals surface area contributed by atoms with E-state index in [9.17, 15) is 18.4 Å². The minimum Gasteiger partial charge on any atom is -0.316 e. The predicted octanol–water partition coefficient (Wildman–Crippen LogP) is 2.14. The lowest BCUT2D eigenvalue weighted by atomic mass is 10.1. The molecule has 1 aromatic heterocycles. The summed E-state index contributed by atoms with van der Waals surface area (Å²) in [5.41, 5.74) is 0.696. The maximum absolute atomic E-state index is 13.4. The Morgan fingerprint density at radius 1 is 1.24 bits per heavy atom. The van der Waals surface area contributed by atoms with Crippen molar-refractivity contribution in [3.63, 3.8) is 0 Å². The Kier molecular flexibility index (Phi) is 3.84. The van der Waals surface area contributed by atoms with Crippen LogP contribution in [0.4, 0.5) is 14.5 Å². The van der Waals surface area contributed by atoms with Gasteiger partial charge in [-0.25, -0.2) is 8.78 Å². The summed E-state index contributed by atoms with van der Waals surface area (Å²) in [6.07, 6.45) is 0. The zero-order chi connectivity index (χ0) is 15.7. The first-order chi connectivity index (χ1) is 9.81. The van der Waals surface area contributed by atoms with E-state index in [1.807, 2.05) is 0 Å². The van der Waals surface area contributed by atoms with E-state index in [2.05, 4.69) is 10.4 Å². The first kappa shape index (κ1) is 14.8. The number of halogens is 2. The molecule has 0 saturated heterocycles. The molecule has 21 heavy (non-hydrogen) atoms. The second kappa shape index (κ2) is 5.43. The van der Waals surface area contributed by atoms with Crippen LogP contribution in [0.2, 0.25) is 0 Å². The van der Waals surface area contributed by atoms with Crippen molar-refractivity contribution in [2.75, 3.05) is 5.32 Å². The molecule has 0 fully saturated rings. The number of aromatic nitrogens is 2. The van der Waals surface area contributed by atoms with Crippen LogP contribution in [0.15, 0.2) is 18.2 Å². The minimum atomic E-state index is -1.04. The van der Waals surface area contributed by atoms with Gasteiger partial charge in [0.15, 0.2) is 0 Å². The number of anilines is 1. The van der Waals surface area contributed by atoms with Gasteiger partial charge >= 0.3 is 0 Å².